The van der Waals surface area contributed by atoms with E-state index in [9.17, 15) is 0 Å². The van der Waals surface area contributed by atoms with E-state index in [0.29, 0.717) is 0 Å². The molecule has 0 saturated heterocycles. The molecular formula is C76H77BN4. The third-order valence-corrected chi connectivity index (χ3v) is 19.6. The molecule has 4 nitrogen and oxygen atoms in total. The molecule has 81 heavy (non-hydrogen) atoms. The molecule has 5 heteroatoms. The zero-order valence-electron chi connectivity index (χ0n) is 50.0. The Morgan fingerprint density at radius 3 is 1.19 bits per heavy atom. The molecule has 0 bridgehead atoms. The summed E-state index contributed by atoms with van der Waals surface area (Å²) in [4.78, 5) is 10.3. The van der Waals surface area contributed by atoms with Crippen LogP contribution in [0, 0.1) is 6.92 Å². The van der Waals surface area contributed by atoms with Crippen molar-refractivity contribution < 1.29 is 0 Å². The van der Waals surface area contributed by atoms with Crippen LogP contribution in [0.3, 0.4) is 0 Å². The maximum Gasteiger partial charge on any atom is 0.252 e. The highest BCUT2D eigenvalue weighted by atomic mass is 15.2. The summed E-state index contributed by atoms with van der Waals surface area (Å²) in [5, 5.41) is 0. The molecule has 9 aromatic rings. The molecule has 0 aromatic heterocycles. The molecule has 5 aliphatic rings. The number of rotatable bonds is 8. The van der Waals surface area contributed by atoms with Crippen molar-refractivity contribution in [2.24, 2.45) is 0 Å². The van der Waals surface area contributed by atoms with Gasteiger partial charge < -0.3 is 19.6 Å². The summed E-state index contributed by atoms with van der Waals surface area (Å²) in [5.74, 6) is 0. The SMILES string of the molecule is Cc1cc2c(cc1N1c3cc(N(c4ccccc4)c4ccccc4)ccc3B3c4cc5c(cc4N(c4ccc6c(c4)C(C)(C)CC6(C)C)c4cc(N(c6ccccc6)c6ccccc6)cc1c43)C(C)(C)CC5(C)C)C(C)(C)CC2(C)C. The fraction of sp³-hybridized carbons (Fsp3) is 0.289. The molecular weight excluding hydrogens is 980 g/mol. The fourth-order valence-electron chi connectivity index (χ4n) is 16.9. The van der Waals surface area contributed by atoms with Crippen molar-refractivity contribution in [2.75, 3.05) is 19.6 Å². The topological polar surface area (TPSA) is 13.0 Å². The predicted molar refractivity (Wildman–Crippen MR) is 347 cm³/mol. The highest BCUT2D eigenvalue weighted by molar-refractivity contribution is 7.00. The van der Waals surface area contributed by atoms with Crippen LogP contribution in [-0.4, -0.2) is 6.71 Å². The van der Waals surface area contributed by atoms with Crippen molar-refractivity contribution in [3.05, 3.63) is 233 Å². The van der Waals surface area contributed by atoms with Crippen LogP contribution >= 0.6 is 0 Å². The summed E-state index contributed by atoms with van der Waals surface area (Å²) >= 11 is 0. The summed E-state index contributed by atoms with van der Waals surface area (Å²) in [6.45, 7) is 31.8. The predicted octanol–water partition coefficient (Wildman–Crippen LogP) is 18.9. The second kappa shape index (κ2) is 17.6. The second-order valence-electron chi connectivity index (χ2n) is 28.5. The molecule has 0 saturated carbocycles. The first-order chi connectivity index (χ1) is 38.5. The van der Waals surface area contributed by atoms with Gasteiger partial charge in [0.25, 0.3) is 6.71 Å². The maximum atomic E-state index is 2.71. The maximum absolute atomic E-state index is 2.71. The van der Waals surface area contributed by atoms with Gasteiger partial charge in [0.05, 0.1) is 5.69 Å². The number of fused-ring (bicyclic) bond motifs is 7. The number of para-hydroxylation sites is 4. The van der Waals surface area contributed by atoms with Crippen molar-refractivity contribution in [3.63, 3.8) is 0 Å². The van der Waals surface area contributed by atoms with E-state index in [1.807, 2.05) is 0 Å². The summed E-state index contributed by atoms with van der Waals surface area (Å²) in [5.41, 5.74) is 28.2. The van der Waals surface area contributed by atoms with Crippen molar-refractivity contribution >= 4 is 91.3 Å². The summed E-state index contributed by atoms with van der Waals surface area (Å²) in [6.07, 6.45) is 3.29. The van der Waals surface area contributed by atoms with E-state index >= 15 is 0 Å². The average molecular weight is 1060 g/mol. The molecule has 2 heterocycles. The molecule has 14 rings (SSSR count). The van der Waals surface area contributed by atoms with Gasteiger partial charge in [-0.1, -0.05) is 180 Å². The lowest BCUT2D eigenvalue weighted by molar-refractivity contribution is 0.402. The number of hydrogen-bond acceptors (Lipinski definition) is 4. The van der Waals surface area contributed by atoms with E-state index in [2.05, 4.69) is 304 Å². The van der Waals surface area contributed by atoms with Gasteiger partial charge in [-0.25, -0.2) is 0 Å². The van der Waals surface area contributed by atoms with Gasteiger partial charge in [0, 0.05) is 62.6 Å². The molecule has 0 fully saturated rings. The molecule has 0 N–H and O–H groups in total. The zero-order chi connectivity index (χ0) is 56.3. The lowest BCUT2D eigenvalue weighted by atomic mass is 9.33. The van der Waals surface area contributed by atoms with Crippen LogP contribution < -0.4 is 36.0 Å². The molecule has 3 aliphatic carbocycles. The van der Waals surface area contributed by atoms with Crippen LogP contribution in [0.25, 0.3) is 0 Å². The Kier molecular flexibility index (Phi) is 11.2. The number of anilines is 12. The summed E-state index contributed by atoms with van der Waals surface area (Å²) in [6, 6.07) is 74.4. The van der Waals surface area contributed by atoms with Gasteiger partial charge in [0.15, 0.2) is 0 Å². The smallest absolute Gasteiger partial charge is 0.252 e. The van der Waals surface area contributed by atoms with E-state index in [1.54, 1.807) is 0 Å². The van der Waals surface area contributed by atoms with Gasteiger partial charge >= 0.3 is 0 Å². The average Bonchev–Trinajstić information content (AvgIpc) is 3.19. The Bertz CT molecular complexity index is 3920. The van der Waals surface area contributed by atoms with Crippen LogP contribution in [0.4, 0.5) is 68.2 Å². The quantitative estimate of drug-likeness (QED) is 0.141. The largest absolute Gasteiger partial charge is 0.311 e. The minimum atomic E-state index is -0.0841. The summed E-state index contributed by atoms with van der Waals surface area (Å²) < 4.78 is 0. The van der Waals surface area contributed by atoms with Gasteiger partial charge in [-0.15, -0.1) is 0 Å². The Morgan fingerprint density at radius 1 is 0.309 bits per heavy atom. The van der Waals surface area contributed by atoms with Crippen molar-refractivity contribution in [1.82, 2.24) is 0 Å². The highest BCUT2D eigenvalue weighted by Gasteiger charge is 2.50. The lowest BCUT2D eigenvalue weighted by Gasteiger charge is -2.46. The lowest BCUT2D eigenvalue weighted by Crippen LogP contribution is -2.61. The molecule has 0 unspecified atom stereocenters. The first kappa shape index (κ1) is 51.4. The van der Waals surface area contributed by atoms with Crippen LogP contribution in [0.15, 0.2) is 194 Å². The monoisotopic (exact) mass is 1060 g/mol. The van der Waals surface area contributed by atoms with Crippen LogP contribution in [-0.2, 0) is 32.5 Å². The van der Waals surface area contributed by atoms with Gasteiger partial charge in [0.1, 0.15) is 0 Å². The van der Waals surface area contributed by atoms with Gasteiger partial charge in [-0.2, -0.15) is 0 Å². The molecule has 9 aromatic carbocycles. The minimum Gasteiger partial charge on any atom is -0.311 e. The third kappa shape index (κ3) is 7.91. The first-order valence-electron chi connectivity index (χ1n) is 29.8. The highest BCUT2D eigenvalue weighted by Crippen LogP contribution is 2.58. The Morgan fingerprint density at radius 2 is 0.691 bits per heavy atom. The Hall–Kier alpha value is -7.76. The van der Waals surface area contributed by atoms with Crippen LogP contribution in [0.5, 0.6) is 0 Å². The minimum absolute atomic E-state index is 0.00685. The molecule has 0 radical (unpaired) electrons. The van der Waals surface area contributed by atoms with E-state index in [4.69, 9.17) is 0 Å². The number of nitrogens with zero attached hydrogens (tertiary/aromatic N) is 4. The second-order valence-corrected chi connectivity index (χ2v) is 28.5. The van der Waals surface area contributed by atoms with E-state index < -0.39 is 0 Å². The van der Waals surface area contributed by atoms with E-state index in [0.717, 1.165) is 53.4 Å². The normalized spacial score (nSPS) is 18.3. The van der Waals surface area contributed by atoms with Crippen molar-refractivity contribution in [2.45, 2.75) is 142 Å². The number of aryl methyl sites for hydroxylation is 1. The molecule has 404 valence electrons. The van der Waals surface area contributed by atoms with E-state index in [-0.39, 0.29) is 39.2 Å². The van der Waals surface area contributed by atoms with Crippen molar-refractivity contribution in [3.8, 4) is 0 Å². The van der Waals surface area contributed by atoms with Crippen molar-refractivity contribution in [1.29, 1.82) is 0 Å². The zero-order valence-corrected chi connectivity index (χ0v) is 50.0. The standard InChI is InChI=1S/C76H77BN4/c1-49-38-58-61(75(10,11)47-72(58,4)5)44-65(49)81-66-40-55(78(50-26-18-14-19-27-50)51-28-20-15-21-29-51)35-37-63(66)77-64-43-60-62(76(12,13)48-74(60,8)9)45-67(64)80(54-34-36-57-59(39-54)73(6,7)46-71(57,2)3)68-41-56(42-69(81)70(68)77)79(52-30-22-16-23-31-52)53-32-24-17-25-33-53/h14-45H,46-48H2,1-13H3. The number of hydrogen-bond donors (Lipinski definition) is 0. The first-order valence-corrected chi connectivity index (χ1v) is 29.8. The molecule has 0 atom stereocenters. The Labute approximate surface area is 483 Å². The van der Waals surface area contributed by atoms with Gasteiger partial charge in [-0.05, 0) is 211 Å². The van der Waals surface area contributed by atoms with Crippen LogP contribution in [0.1, 0.15) is 141 Å². The summed E-state index contributed by atoms with van der Waals surface area (Å²) in [7, 11) is 0. The van der Waals surface area contributed by atoms with Gasteiger partial charge in [0.2, 0.25) is 0 Å². The number of benzene rings is 9. The molecule has 0 spiro atoms. The Balaban J connectivity index is 1.14. The molecule has 0 amide bonds. The van der Waals surface area contributed by atoms with Gasteiger partial charge in [-0.3, -0.25) is 0 Å². The van der Waals surface area contributed by atoms with Crippen LogP contribution in [0.2, 0.25) is 0 Å². The third-order valence-electron chi connectivity index (χ3n) is 19.6. The molecule has 2 aliphatic heterocycles. The fourth-order valence-corrected chi connectivity index (χ4v) is 16.9. The van der Waals surface area contributed by atoms with E-state index in [1.165, 1.54) is 89.5 Å².